The number of nitrogens with zero attached hydrogens (tertiary/aromatic N) is 2. The summed E-state index contributed by atoms with van der Waals surface area (Å²) >= 11 is 5.89. The van der Waals surface area contributed by atoms with E-state index in [0.717, 1.165) is 4.90 Å². The highest BCUT2D eigenvalue weighted by Crippen LogP contribution is 2.30. The second-order valence-electron chi connectivity index (χ2n) is 4.82. The van der Waals surface area contributed by atoms with Crippen LogP contribution >= 0.6 is 11.6 Å². The summed E-state index contributed by atoms with van der Waals surface area (Å²) in [5.74, 6) is -0.975. The molecular formula is C16H9ClN2O4. The Kier molecular flexibility index (Phi) is 3.67. The molecule has 23 heavy (non-hydrogen) atoms. The lowest BCUT2D eigenvalue weighted by Crippen LogP contribution is -2.30. The van der Waals surface area contributed by atoms with Crippen LogP contribution in [0.15, 0.2) is 54.6 Å². The van der Waals surface area contributed by atoms with E-state index in [4.69, 9.17) is 11.6 Å². The summed E-state index contributed by atoms with van der Waals surface area (Å²) in [6, 6.07) is 11.9. The van der Waals surface area contributed by atoms with Gasteiger partial charge in [-0.2, -0.15) is 0 Å². The van der Waals surface area contributed by atoms with E-state index in [9.17, 15) is 19.7 Å². The Morgan fingerprint density at radius 3 is 2.35 bits per heavy atom. The molecule has 7 heteroatoms. The molecule has 0 N–H and O–H groups in total. The number of nitro benzene ring substituents is 1. The third-order valence-electron chi connectivity index (χ3n) is 3.38. The highest BCUT2D eigenvalue weighted by molar-refractivity contribution is 6.43. The second-order valence-corrected chi connectivity index (χ2v) is 5.26. The van der Waals surface area contributed by atoms with Gasteiger partial charge >= 0.3 is 0 Å². The number of carbonyl (C=O) groups excluding carboxylic acids is 2. The van der Waals surface area contributed by atoms with Gasteiger partial charge in [0.1, 0.15) is 0 Å². The van der Waals surface area contributed by atoms with Crippen LogP contribution in [0.1, 0.15) is 5.56 Å². The fourth-order valence-electron chi connectivity index (χ4n) is 2.30. The van der Waals surface area contributed by atoms with Crippen LogP contribution in [0.3, 0.4) is 0 Å². The van der Waals surface area contributed by atoms with E-state index in [0.29, 0.717) is 16.3 Å². The second kappa shape index (κ2) is 5.66. The maximum absolute atomic E-state index is 12.5. The maximum atomic E-state index is 12.5. The van der Waals surface area contributed by atoms with Crippen LogP contribution in [-0.2, 0) is 9.59 Å². The van der Waals surface area contributed by atoms with Gasteiger partial charge in [-0.15, -0.1) is 0 Å². The summed E-state index contributed by atoms with van der Waals surface area (Å²) in [7, 11) is 0. The number of benzene rings is 2. The minimum Gasteiger partial charge on any atom is -0.269 e. The van der Waals surface area contributed by atoms with Gasteiger partial charge in [0, 0.05) is 23.2 Å². The average molecular weight is 329 g/mol. The predicted octanol–water partition coefficient (Wildman–Crippen LogP) is 3.21. The van der Waals surface area contributed by atoms with Crippen molar-refractivity contribution in [3.8, 4) is 0 Å². The Bertz CT molecular complexity index is 859. The van der Waals surface area contributed by atoms with Crippen molar-refractivity contribution in [1.29, 1.82) is 0 Å². The monoisotopic (exact) mass is 328 g/mol. The maximum Gasteiger partial charge on any atom is 0.269 e. The number of hydrogen-bond acceptors (Lipinski definition) is 4. The van der Waals surface area contributed by atoms with Crippen molar-refractivity contribution in [2.75, 3.05) is 4.90 Å². The zero-order chi connectivity index (χ0) is 16.6. The summed E-state index contributed by atoms with van der Waals surface area (Å²) in [4.78, 5) is 35.8. The van der Waals surface area contributed by atoms with Crippen molar-refractivity contribution < 1.29 is 14.5 Å². The summed E-state index contributed by atoms with van der Waals surface area (Å²) in [6.45, 7) is 0. The molecule has 0 saturated heterocycles. The molecule has 0 spiro atoms. The van der Waals surface area contributed by atoms with Crippen molar-refractivity contribution in [2.45, 2.75) is 0 Å². The lowest BCUT2D eigenvalue weighted by Gasteiger charge is -2.15. The van der Waals surface area contributed by atoms with E-state index >= 15 is 0 Å². The molecule has 0 radical (unpaired) electrons. The lowest BCUT2D eigenvalue weighted by atomic mass is 10.1. The van der Waals surface area contributed by atoms with Gasteiger partial charge in [0.25, 0.3) is 17.5 Å². The highest BCUT2D eigenvalue weighted by atomic mass is 35.5. The van der Waals surface area contributed by atoms with E-state index in [-0.39, 0.29) is 11.3 Å². The summed E-state index contributed by atoms with van der Waals surface area (Å²) in [5, 5.41) is 11.1. The molecule has 1 aliphatic rings. The van der Waals surface area contributed by atoms with E-state index in [1.54, 1.807) is 18.2 Å². The summed E-state index contributed by atoms with van der Waals surface area (Å²) < 4.78 is 0. The summed E-state index contributed by atoms with van der Waals surface area (Å²) in [6.07, 6.45) is 1.21. The Labute approximate surface area is 135 Å². The molecule has 114 valence electrons. The molecule has 0 aliphatic carbocycles. The van der Waals surface area contributed by atoms with Gasteiger partial charge in [-0.05, 0) is 35.9 Å². The third-order valence-corrected chi connectivity index (χ3v) is 3.61. The van der Waals surface area contributed by atoms with Gasteiger partial charge in [0.05, 0.1) is 16.2 Å². The Morgan fingerprint density at radius 2 is 1.74 bits per heavy atom. The van der Waals surface area contributed by atoms with Crippen molar-refractivity contribution in [1.82, 2.24) is 0 Å². The largest absolute Gasteiger partial charge is 0.269 e. The van der Waals surface area contributed by atoms with Gasteiger partial charge in [0.2, 0.25) is 0 Å². The van der Waals surface area contributed by atoms with E-state index in [1.807, 2.05) is 0 Å². The molecule has 0 fully saturated rings. The number of nitro groups is 1. The molecule has 0 saturated carbocycles. The van der Waals surface area contributed by atoms with Gasteiger partial charge in [0.15, 0.2) is 0 Å². The first-order valence-corrected chi connectivity index (χ1v) is 6.95. The van der Waals surface area contributed by atoms with Crippen LogP contribution in [0, 0.1) is 10.1 Å². The first-order chi connectivity index (χ1) is 11.0. The molecule has 1 aliphatic heterocycles. The van der Waals surface area contributed by atoms with E-state index < -0.39 is 16.7 Å². The highest BCUT2D eigenvalue weighted by Gasteiger charge is 2.33. The molecular weight excluding hydrogens is 320 g/mol. The molecule has 0 unspecified atom stereocenters. The molecule has 0 aromatic heterocycles. The van der Waals surface area contributed by atoms with E-state index in [1.165, 1.54) is 36.4 Å². The Balaban J connectivity index is 1.94. The third kappa shape index (κ3) is 2.72. The van der Waals surface area contributed by atoms with Crippen molar-refractivity contribution in [3.05, 3.63) is 75.3 Å². The standard InChI is InChI=1S/C16H9ClN2O4/c17-11-2-1-3-13(8-11)18-15(20)9-14(16(18)21)10-4-6-12(7-5-10)19(22)23/h1-9H. The SMILES string of the molecule is O=C1C=C(c2ccc([N+](=O)[O-])cc2)C(=O)N1c1cccc(Cl)c1. The molecule has 3 rings (SSSR count). The lowest BCUT2D eigenvalue weighted by molar-refractivity contribution is -0.384. The normalized spacial score (nSPS) is 14.1. The topological polar surface area (TPSA) is 80.5 Å². The average Bonchev–Trinajstić information content (AvgIpc) is 2.82. The number of hydrogen-bond donors (Lipinski definition) is 0. The Hall–Kier alpha value is -2.99. The number of carbonyl (C=O) groups is 2. The van der Waals surface area contributed by atoms with E-state index in [2.05, 4.69) is 0 Å². The number of halogens is 1. The zero-order valence-electron chi connectivity index (χ0n) is 11.6. The van der Waals surface area contributed by atoms with Crippen molar-refractivity contribution in [2.24, 2.45) is 0 Å². The van der Waals surface area contributed by atoms with Crippen LogP contribution in [-0.4, -0.2) is 16.7 Å². The number of non-ortho nitro benzene ring substituents is 1. The first kappa shape index (κ1) is 14.9. The number of amides is 2. The fraction of sp³-hybridized carbons (Fsp3) is 0. The van der Waals surface area contributed by atoms with Crippen LogP contribution < -0.4 is 4.90 Å². The molecule has 0 bridgehead atoms. The number of anilines is 1. The van der Waals surface area contributed by atoms with Gasteiger partial charge in [-0.25, -0.2) is 4.90 Å². The molecule has 1 heterocycles. The van der Waals surface area contributed by atoms with Crippen LogP contribution in [0.25, 0.3) is 5.57 Å². The van der Waals surface area contributed by atoms with Crippen LogP contribution in [0.4, 0.5) is 11.4 Å². The van der Waals surface area contributed by atoms with Gasteiger partial charge < -0.3 is 0 Å². The first-order valence-electron chi connectivity index (χ1n) is 6.58. The van der Waals surface area contributed by atoms with Crippen LogP contribution in [0.5, 0.6) is 0 Å². The molecule has 2 amide bonds. The number of rotatable bonds is 3. The smallest absolute Gasteiger partial charge is 0.269 e. The van der Waals surface area contributed by atoms with Crippen molar-refractivity contribution in [3.63, 3.8) is 0 Å². The molecule has 2 aromatic carbocycles. The number of imide groups is 1. The summed E-state index contributed by atoms with van der Waals surface area (Å²) in [5.41, 5.74) is 0.918. The minimum absolute atomic E-state index is 0.0854. The van der Waals surface area contributed by atoms with Crippen LogP contribution in [0.2, 0.25) is 5.02 Å². The quantitative estimate of drug-likeness (QED) is 0.492. The molecule has 2 aromatic rings. The molecule has 0 atom stereocenters. The minimum atomic E-state index is -0.530. The Morgan fingerprint density at radius 1 is 1.04 bits per heavy atom. The zero-order valence-corrected chi connectivity index (χ0v) is 12.4. The van der Waals surface area contributed by atoms with Gasteiger partial charge in [-0.1, -0.05) is 17.7 Å². The fourth-order valence-corrected chi connectivity index (χ4v) is 2.48. The van der Waals surface area contributed by atoms with Crippen molar-refractivity contribution >= 4 is 40.4 Å². The van der Waals surface area contributed by atoms with Gasteiger partial charge in [-0.3, -0.25) is 19.7 Å². The predicted molar refractivity (Wildman–Crippen MR) is 85.0 cm³/mol. The molecule has 6 nitrogen and oxygen atoms in total.